The molecular weight excluding hydrogens is 686 g/mol. The van der Waals surface area contributed by atoms with E-state index in [4.69, 9.17) is 23.7 Å². The highest BCUT2D eigenvalue weighted by Crippen LogP contribution is 2.35. The molecule has 0 aromatic heterocycles. The van der Waals surface area contributed by atoms with Gasteiger partial charge in [-0.1, -0.05) is 114 Å². The number of ether oxygens (including phenoxy) is 5. The van der Waals surface area contributed by atoms with Crippen LogP contribution in [0.3, 0.4) is 0 Å². The van der Waals surface area contributed by atoms with E-state index in [0.717, 1.165) is 19.3 Å². The number of azide groups is 1. The molecule has 11 nitrogen and oxygen atoms in total. The van der Waals surface area contributed by atoms with Crippen LogP contribution in [0.4, 0.5) is 0 Å². The predicted octanol–water partition coefficient (Wildman–Crippen LogP) is 10.7. The molecule has 304 valence electrons. The maximum absolute atomic E-state index is 13.2. The Morgan fingerprint density at radius 2 is 1.43 bits per heavy atom. The average molecular weight is 756 g/mol. The van der Waals surface area contributed by atoms with E-state index in [-0.39, 0.29) is 25.0 Å². The van der Waals surface area contributed by atoms with Gasteiger partial charge in [-0.2, -0.15) is 0 Å². The topological polar surface area (TPSA) is 146 Å². The number of hydrogen-bond donors (Lipinski definition) is 0. The second-order valence-corrected chi connectivity index (χ2v) is 16.8. The number of nitrogens with zero attached hydrogens (tertiary/aromatic N) is 3. The van der Waals surface area contributed by atoms with E-state index in [9.17, 15) is 19.9 Å². The van der Waals surface area contributed by atoms with Crippen molar-refractivity contribution in [2.24, 2.45) is 27.8 Å². The van der Waals surface area contributed by atoms with Crippen molar-refractivity contribution < 1.29 is 38.1 Å². The zero-order valence-corrected chi connectivity index (χ0v) is 34.6. The lowest BCUT2D eigenvalue weighted by Gasteiger charge is -2.44. The SMILES string of the molecule is CCCCCCCCCCCCC/C=C/[C@@H](OC(=O)c1ccccc1)[C@H](COC1OC(COC(=O)C(C)(C)C)C(OC(=O)C(C)(C)C)C(C)C1C)N=[N+]=[N-]. The summed E-state index contributed by atoms with van der Waals surface area (Å²) in [7, 11) is 0. The number of benzene rings is 1. The van der Waals surface area contributed by atoms with E-state index >= 15 is 0 Å². The molecule has 0 aliphatic carbocycles. The summed E-state index contributed by atoms with van der Waals surface area (Å²) in [4.78, 5) is 41.9. The summed E-state index contributed by atoms with van der Waals surface area (Å²) in [5.74, 6) is -1.87. The van der Waals surface area contributed by atoms with Crippen LogP contribution in [0.1, 0.15) is 150 Å². The molecule has 0 N–H and O–H groups in total. The maximum Gasteiger partial charge on any atom is 0.338 e. The average Bonchev–Trinajstić information content (AvgIpc) is 3.12. The Labute approximate surface area is 324 Å². The first-order valence-corrected chi connectivity index (χ1v) is 20.2. The molecule has 11 heteroatoms. The number of allylic oxidation sites excluding steroid dienone is 1. The summed E-state index contributed by atoms with van der Waals surface area (Å²) in [6.45, 7) is 16.4. The minimum absolute atomic E-state index is 0.123. The third-order valence-corrected chi connectivity index (χ3v) is 9.86. The summed E-state index contributed by atoms with van der Waals surface area (Å²) >= 11 is 0. The lowest BCUT2D eigenvalue weighted by atomic mass is 9.84. The number of hydrogen-bond acceptors (Lipinski definition) is 9. The van der Waals surface area contributed by atoms with E-state index in [1.54, 1.807) is 71.9 Å². The van der Waals surface area contributed by atoms with Gasteiger partial charge >= 0.3 is 17.9 Å². The van der Waals surface area contributed by atoms with Crippen LogP contribution < -0.4 is 0 Å². The maximum atomic E-state index is 13.2. The normalized spacial score (nSPS) is 21.5. The van der Waals surface area contributed by atoms with Gasteiger partial charge in [0.15, 0.2) is 6.29 Å². The Bertz CT molecular complexity index is 1330. The van der Waals surface area contributed by atoms with Gasteiger partial charge in [0.25, 0.3) is 0 Å². The van der Waals surface area contributed by atoms with Crippen molar-refractivity contribution in [1.29, 1.82) is 0 Å². The van der Waals surface area contributed by atoms with Crippen LogP contribution in [0.25, 0.3) is 10.4 Å². The third-order valence-electron chi connectivity index (χ3n) is 9.86. The number of esters is 3. The van der Waals surface area contributed by atoms with Crippen LogP contribution in [0, 0.1) is 22.7 Å². The van der Waals surface area contributed by atoms with Crippen molar-refractivity contribution in [3.05, 3.63) is 58.5 Å². The summed E-state index contributed by atoms with van der Waals surface area (Å²) in [6.07, 6.45) is 15.1. The van der Waals surface area contributed by atoms with Crippen molar-refractivity contribution in [2.75, 3.05) is 13.2 Å². The first-order valence-electron chi connectivity index (χ1n) is 20.2. The number of carbonyl (C=O) groups is 3. The smallest absolute Gasteiger partial charge is 0.338 e. The van der Waals surface area contributed by atoms with E-state index in [1.165, 1.54) is 57.8 Å². The molecule has 1 aromatic rings. The summed E-state index contributed by atoms with van der Waals surface area (Å²) in [5.41, 5.74) is 8.46. The van der Waals surface area contributed by atoms with Crippen LogP contribution in [-0.2, 0) is 33.3 Å². The molecule has 1 fully saturated rings. The predicted molar refractivity (Wildman–Crippen MR) is 211 cm³/mol. The van der Waals surface area contributed by atoms with Crippen LogP contribution in [0.15, 0.2) is 47.6 Å². The Balaban J connectivity index is 2.15. The van der Waals surface area contributed by atoms with E-state index in [1.807, 2.05) is 26.0 Å². The molecule has 54 heavy (non-hydrogen) atoms. The molecule has 7 atom stereocenters. The molecule has 0 radical (unpaired) electrons. The molecule has 1 aliphatic rings. The molecule has 5 unspecified atom stereocenters. The van der Waals surface area contributed by atoms with Crippen LogP contribution in [-0.4, -0.2) is 61.8 Å². The zero-order valence-electron chi connectivity index (χ0n) is 34.6. The number of unbranched alkanes of at least 4 members (excludes halogenated alkanes) is 11. The molecule has 1 heterocycles. The molecule has 0 bridgehead atoms. The summed E-state index contributed by atoms with van der Waals surface area (Å²) in [5, 5.41) is 4.00. The fourth-order valence-electron chi connectivity index (χ4n) is 6.06. The monoisotopic (exact) mass is 756 g/mol. The molecule has 0 saturated carbocycles. The van der Waals surface area contributed by atoms with E-state index in [2.05, 4.69) is 16.9 Å². The quantitative estimate of drug-likeness (QED) is 0.0204. The van der Waals surface area contributed by atoms with Crippen molar-refractivity contribution in [2.45, 2.75) is 170 Å². The number of carbonyl (C=O) groups excluding carboxylic acids is 3. The highest BCUT2D eigenvalue weighted by atomic mass is 16.7. The Hall–Kier alpha value is -3.40. The largest absolute Gasteiger partial charge is 0.462 e. The van der Waals surface area contributed by atoms with Gasteiger partial charge in [-0.3, -0.25) is 9.59 Å². The standard InChI is InChI=1S/C43H69N3O8/c1-10-11-12-13-14-15-16-17-18-19-20-21-25-28-35(52-38(47)33-26-23-22-24-27-33)34(45-46-44)29-50-39-32(3)31(2)37(54-41(49)43(7,8)9)36(53-39)30-51-40(48)42(4,5)6/h22-28,31-32,34-37,39H,10-21,29-30H2,1-9H3/b28-25+/t31?,32?,34-,35+,36?,37?,39?/m0/s1. The molecule has 2 rings (SSSR count). The lowest BCUT2D eigenvalue weighted by Crippen LogP contribution is -2.55. The Morgan fingerprint density at radius 1 is 0.852 bits per heavy atom. The van der Waals surface area contributed by atoms with E-state index in [0.29, 0.717) is 5.56 Å². The summed E-state index contributed by atoms with van der Waals surface area (Å²) in [6, 6.07) is 7.76. The van der Waals surface area contributed by atoms with Gasteiger partial charge in [0.1, 0.15) is 31.0 Å². The van der Waals surface area contributed by atoms with Crippen molar-refractivity contribution in [1.82, 2.24) is 0 Å². The second-order valence-electron chi connectivity index (χ2n) is 16.8. The molecular formula is C43H69N3O8. The van der Waals surface area contributed by atoms with Crippen LogP contribution in [0.2, 0.25) is 0 Å². The van der Waals surface area contributed by atoms with E-state index < -0.39 is 59.4 Å². The first-order chi connectivity index (χ1) is 25.6. The lowest BCUT2D eigenvalue weighted by molar-refractivity contribution is -0.277. The van der Waals surface area contributed by atoms with Crippen molar-refractivity contribution >= 4 is 17.9 Å². The zero-order chi connectivity index (χ0) is 40.1. The molecule has 0 amide bonds. The fraction of sp³-hybridized carbons (Fsp3) is 0.744. The Kier molecular flexibility index (Phi) is 20.9. The molecule has 1 aliphatic heterocycles. The van der Waals surface area contributed by atoms with Gasteiger partial charge in [-0.25, -0.2) is 4.79 Å². The minimum atomic E-state index is -0.907. The summed E-state index contributed by atoms with van der Waals surface area (Å²) < 4.78 is 30.2. The fourth-order valence-corrected chi connectivity index (χ4v) is 6.06. The Morgan fingerprint density at radius 3 is 1.98 bits per heavy atom. The third kappa shape index (κ3) is 17.0. The van der Waals surface area contributed by atoms with Crippen LogP contribution in [0.5, 0.6) is 0 Å². The van der Waals surface area contributed by atoms with Gasteiger partial charge in [-0.15, -0.1) is 0 Å². The van der Waals surface area contributed by atoms with Gasteiger partial charge in [0.05, 0.1) is 23.0 Å². The highest BCUT2D eigenvalue weighted by molar-refractivity contribution is 5.89. The van der Waals surface area contributed by atoms with Crippen LogP contribution >= 0.6 is 0 Å². The molecule has 1 aromatic carbocycles. The highest BCUT2D eigenvalue weighted by Gasteiger charge is 2.46. The van der Waals surface area contributed by atoms with Gasteiger partial charge in [0.2, 0.25) is 0 Å². The van der Waals surface area contributed by atoms with Crippen molar-refractivity contribution in [3.63, 3.8) is 0 Å². The van der Waals surface area contributed by atoms with Gasteiger partial charge in [-0.05, 0) is 78.1 Å². The first kappa shape index (κ1) is 46.8. The molecule has 0 spiro atoms. The second kappa shape index (κ2) is 24.2. The van der Waals surface area contributed by atoms with Gasteiger partial charge in [0, 0.05) is 16.7 Å². The minimum Gasteiger partial charge on any atom is -0.462 e. The number of rotatable bonds is 23. The van der Waals surface area contributed by atoms with Gasteiger partial charge < -0.3 is 23.7 Å². The molecule has 1 saturated heterocycles. The van der Waals surface area contributed by atoms with Crippen molar-refractivity contribution in [3.8, 4) is 0 Å².